The third-order valence-electron chi connectivity index (χ3n) is 14.1. The summed E-state index contributed by atoms with van der Waals surface area (Å²) in [4.78, 5) is 24.6. The molecule has 6 nitrogen and oxygen atoms in total. The normalized spacial score (nSPS) is 12.6. The molecule has 0 aliphatic heterocycles. The van der Waals surface area contributed by atoms with Crippen molar-refractivity contribution in [2.75, 3.05) is 13.2 Å². The van der Waals surface area contributed by atoms with E-state index in [2.05, 4.69) is 31.3 Å². The number of esters is 1. The molecule has 0 spiro atoms. The lowest BCUT2D eigenvalue weighted by atomic mass is 10.0. The summed E-state index contributed by atoms with van der Waals surface area (Å²) in [7, 11) is 0. The second-order valence-corrected chi connectivity index (χ2v) is 20.7. The van der Waals surface area contributed by atoms with Crippen LogP contribution in [0.2, 0.25) is 0 Å². The molecule has 0 bridgehead atoms. The van der Waals surface area contributed by atoms with Gasteiger partial charge in [0.05, 0.1) is 25.4 Å². The summed E-state index contributed by atoms with van der Waals surface area (Å²) < 4.78 is 5.48. The smallest absolute Gasteiger partial charge is 0.305 e. The number of amides is 1. The first-order chi connectivity index (χ1) is 32.5. The van der Waals surface area contributed by atoms with Crippen LogP contribution in [0.15, 0.2) is 12.2 Å². The highest BCUT2D eigenvalue weighted by Gasteiger charge is 2.20. The molecule has 66 heavy (non-hydrogen) atoms. The number of aliphatic hydroxyl groups is 2. The molecule has 392 valence electrons. The molecule has 2 atom stereocenters. The second kappa shape index (κ2) is 56.2. The van der Waals surface area contributed by atoms with Crippen LogP contribution in [-0.4, -0.2) is 47.4 Å². The molecule has 0 aromatic carbocycles. The summed E-state index contributed by atoms with van der Waals surface area (Å²) in [5.74, 6) is -0.0424. The Bertz CT molecular complexity index is 986. The number of nitrogens with one attached hydrogen (secondary N) is 1. The van der Waals surface area contributed by atoms with E-state index in [9.17, 15) is 19.8 Å². The van der Waals surface area contributed by atoms with Gasteiger partial charge in [0.2, 0.25) is 5.91 Å². The zero-order valence-corrected chi connectivity index (χ0v) is 44.7. The molecule has 0 aliphatic rings. The Hall–Kier alpha value is -1.40. The Morgan fingerprint density at radius 3 is 1.08 bits per heavy atom. The summed E-state index contributed by atoms with van der Waals surface area (Å²) in [6.45, 7) is 4.95. The minimum atomic E-state index is -0.670. The van der Waals surface area contributed by atoms with E-state index >= 15 is 0 Å². The third kappa shape index (κ3) is 52.0. The van der Waals surface area contributed by atoms with Crippen LogP contribution in [0.25, 0.3) is 0 Å². The lowest BCUT2D eigenvalue weighted by Crippen LogP contribution is -2.45. The van der Waals surface area contributed by atoms with Crippen LogP contribution in [0, 0.1) is 0 Å². The highest BCUT2D eigenvalue weighted by atomic mass is 16.5. The van der Waals surface area contributed by atoms with Gasteiger partial charge in [0.1, 0.15) is 0 Å². The van der Waals surface area contributed by atoms with Crippen LogP contribution in [0.1, 0.15) is 335 Å². The predicted molar refractivity (Wildman–Crippen MR) is 287 cm³/mol. The molecule has 0 saturated carbocycles. The maximum atomic E-state index is 12.5. The number of carbonyl (C=O) groups excluding carboxylic acids is 2. The summed E-state index contributed by atoms with van der Waals surface area (Å²) >= 11 is 0. The summed E-state index contributed by atoms with van der Waals surface area (Å²) in [6.07, 6.45) is 66.3. The fourth-order valence-electron chi connectivity index (χ4n) is 9.46. The number of unbranched alkanes of at least 4 members (excludes halogenated alkanes) is 43. The van der Waals surface area contributed by atoms with Crippen molar-refractivity contribution in [3.63, 3.8) is 0 Å². The van der Waals surface area contributed by atoms with Crippen molar-refractivity contribution >= 4 is 11.9 Å². The zero-order valence-electron chi connectivity index (χ0n) is 44.7. The van der Waals surface area contributed by atoms with Gasteiger partial charge < -0.3 is 20.3 Å². The Labute approximate surface area is 412 Å². The maximum absolute atomic E-state index is 12.5. The molecule has 0 radical (unpaired) electrons. The van der Waals surface area contributed by atoms with Crippen molar-refractivity contribution in [2.45, 2.75) is 347 Å². The van der Waals surface area contributed by atoms with Gasteiger partial charge in [0.15, 0.2) is 0 Å². The maximum Gasteiger partial charge on any atom is 0.305 e. The molecule has 6 heteroatoms. The van der Waals surface area contributed by atoms with Crippen LogP contribution >= 0.6 is 0 Å². The van der Waals surface area contributed by atoms with E-state index in [1.165, 1.54) is 257 Å². The van der Waals surface area contributed by atoms with E-state index in [0.29, 0.717) is 25.9 Å². The largest absolute Gasteiger partial charge is 0.466 e. The number of hydrogen-bond acceptors (Lipinski definition) is 5. The standard InChI is InChI=1S/C60H117NO5/c1-3-5-7-9-11-13-15-17-19-21-24-28-32-36-40-44-48-52-58(63)57(56-62)61-59(64)53-49-45-41-37-33-29-25-23-27-31-35-39-43-47-51-55-66-60(65)54-50-46-42-38-34-30-26-22-20-18-16-14-12-10-8-6-4-2/h18,20,57-58,62-63H,3-17,19,21-56H2,1-2H3,(H,61,64)/b20-18-. The molecule has 0 aromatic heterocycles. The van der Waals surface area contributed by atoms with Gasteiger partial charge in [0.25, 0.3) is 0 Å². The highest BCUT2D eigenvalue weighted by Crippen LogP contribution is 2.18. The van der Waals surface area contributed by atoms with Crippen LogP contribution in [0.4, 0.5) is 0 Å². The molecule has 3 N–H and O–H groups in total. The fourth-order valence-corrected chi connectivity index (χ4v) is 9.46. The lowest BCUT2D eigenvalue weighted by molar-refractivity contribution is -0.143. The van der Waals surface area contributed by atoms with E-state index < -0.39 is 12.1 Å². The first-order valence-electron chi connectivity index (χ1n) is 29.9. The minimum absolute atomic E-state index is 0.00173. The first-order valence-corrected chi connectivity index (χ1v) is 29.9. The number of allylic oxidation sites excluding steroid dienone is 2. The fraction of sp³-hybridized carbons (Fsp3) is 0.933. The summed E-state index contributed by atoms with van der Waals surface area (Å²) in [6, 6.07) is -0.548. The molecule has 0 aromatic rings. The van der Waals surface area contributed by atoms with Gasteiger partial charge in [-0.1, -0.05) is 283 Å². The van der Waals surface area contributed by atoms with E-state index in [4.69, 9.17) is 4.74 Å². The van der Waals surface area contributed by atoms with Crippen LogP contribution in [-0.2, 0) is 14.3 Å². The molecule has 0 heterocycles. The lowest BCUT2D eigenvalue weighted by Gasteiger charge is -2.22. The van der Waals surface area contributed by atoms with Gasteiger partial charge in [-0.05, 0) is 51.4 Å². The van der Waals surface area contributed by atoms with Crippen molar-refractivity contribution in [3.05, 3.63) is 12.2 Å². The minimum Gasteiger partial charge on any atom is -0.466 e. The zero-order chi connectivity index (χ0) is 47.9. The van der Waals surface area contributed by atoms with Crippen molar-refractivity contribution in [1.82, 2.24) is 5.32 Å². The van der Waals surface area contributed by atoms with E-state index in [-0.39, 0.29) is 18.5 Å². The van der Waals surface area contributed by atoms with Gasteiger partial charge >= 0.3 is 5.97 Å². The molecular weight excluding hydrogens is 815 g/mol. The first kappa shape index (κ1) is 64.6. The Balaban J connectivity index is 3.42. The van der Waals surface area contributed by atoms with E-state index in [1.54, 1.807) is 0 Å². The van der Waals surface area contributed by atoms with E-state index in [1.807, 2.05) is 0 Å². The molecule has 1 amide bonds. The Morgan fingerprint density at radius 1 is 0.409 bits per heavy atom. The monoisotopic (exact) mass is 932 g/mol. The Morgan fingerprint density at radius 2 is 0.712 bits per heavy atom. The van der Waals surface area contributed by atoms with Crippen LogP contribution in [0.3, 0.4) is 0 Å². The molecule has 0 saturated heterocycles. The van der Waals surface area contributed by atoms with Gasteiger partial charge in [0, 0.05) is 12.8 Å². The number of carbonyl (C=O) groups is 2. The third-order valence-corrected chi connectivity index (χ3v) is 14.1. The van der Waals surface area contributed by atoms with Gasteiger partial charge in [-0.15, -0.1) is 0 Å². The predicted octanol–water partition coefficient (Wildman–Crippen LogP) is 18.5. The molecular formula is C60H117NO5. The van der Waals surface area contributed by atoms with Crippen LogP contribution < -0.4 is 5.32 Å². The van der Waals surface area contributed by atoms with Crippen molar-refractivity contribution in [1.29, 1.82) is 0 Å². The van der Waals surface area contributed by atoms with Gasteiger partial charge in [-0.2, -0.15) is 0 Å². The van der Waals surface area contributed by atoms with E-state index in [0.717, 1.165) is 44.9 Å². The second-order valence-electron chi connectivity index (χ2n) is 20.7. The Kier molecular flexibility index (Phi) is 55.0. The van der Waals surface area contributed by atoms with Crippen molar-refractivity contribution in [3.8, 4) is 0 Å². The summed E-state index contributed by atoms with van der Waals surface area (Å²) in [5, 5.41) is 23.3. The quantitative estimate of drug-likeness (QED) is 0.0321. The van der Waals surface area contributed by atoms with Gasteiger partial charge in [-0.3, -0.25) is 9.59 Å². The topological polar surface area (TPSA) is 95.9 Å². The van der Waals surface area contributed by atoms with Crippen LogP contribution in [0.5, 0.6) is 0 Å². The number of hydrogen-bond donors (Lipinski definition) is 3. The highest BCUT2D eigenvalue weighted by molar-refractivity contribution is 5.76. The molecule has 0 fully saturated rings. The van der Waals surface area contributed by atoms with Crippen molar-refractivity contribution < 1.29 is 24.5 Å². The molecule has 0 rings (SSSR count). The summed E-state index contributed by atoms with van der Waals surface area (Å²) in [5.41, 5.74) is 0. The van der Waals surface area contributed by atoms with Crippen molar-refractivity contribution in [2.24, 2.45) is 0 Å². The molecule has 0 aliphatic carbocycles. The number of aliphatic hydroxyl groups excluding tert-OH is 2. The average Bonchev–Trinajstić information content (AvgIpc) is 3.32. The average molecular weight is 933 g/mol. The number of ether oxygens (including phenoxy) is 1. The number of rotatable bonds is 56. The SMILES string of the molecule is CCCCCCCC/C=C\CCCCCCCCCC(=O)OCCCCCCCCCCCCCCCCCC(=O)NC(CO)C(O)CCCCCCCCCCCCCCCCCCC. The molecule has 2 unspecified atom stereocenters. The van der Waals surface area contributed by atoms with Gasteiger partial charge in [-0.25, -0.2) is 0 Å².